The Bertz CT molecular complexity index is 1120. The van der Waals surface area contributed by atoms with E-state index in [1.54, 1.807) is 29.8 Å². The molecule has 0 spiro atoms. The van der Waals surface area contributed by atoms with E-state index in [1.807, 2.05) is 24.3 Å². The Morgan fingerprint density at radius 1 is 1.12 bits per heavy atom. The highest BCUT2D eigenvalue weighted by atomic mass is 32.1. The summed E-state index contributed by atoms with van der Waals surface area (Å²) >= 11 is 1.21. The number of furan rings is 1. The summed E-state index contributed by atoms with van der Waals surface area (Å²) in [5.41, 5.74) is 2.06. The highest BCUT2D eigenvalue weighted by Crippen LogP contribution is 2.26. The van der Waals surface area contributed by atoms with Crippen molar-refractivity contribution in [2.24, 2.45) is 0 Å². The van der Waals surface area contributed by atoms with Crippen LogP contribution >= 0.6 is 11.3 Å². The highest BCUT2D eigenvalue weighted by Gasteiger charge is 2.16. The molecule has 0 aliphatic rings. The van der Waals surface area contributed by atoms with Gasteiger partial charge in [0.25, 0.3) is 5.91 Å². The number of carbonyl (C=O) groups excluding carboxylic acids is 2. The number of benzene rings is 1. The number of thiazole rings is 1. The number of ketones is 1. The van der Waals surface area contributed by atoms with Crippen LogP contribution in [0.4, 0.5) is 5.13 Å². The number of hydrogen-bond donors (Lipinski definition) is 1. The van der Waals surface area contributed by atoms with Crippen molar-refractivity contribution in [3.05, 3.63) is 65.4 Å². The Morgan fingerprint density at radius 2 is 1.96 bits per heavy atom. The lowest BCUT2D eigenvalue weighted by Crippen LogP contribution is -2.13. The second-order valence-corrected chi connectivity index (χ2v) is 6.46. The van der Waals surface area contributed by atoms with Gasteiger partial charge in [-0.2, -0.15) is 0 Å². The van der Waals surface area contributed by atoms with Crippen LogP contribution in [0.5, 0.6) is 0 Å². The number of nitrogens with zero attached hydrogens (tertiary/aromatic N) is 2. The molecule has 1 N–H and O–H groups in total. The number of anilines is 1. The normalized spacial score (nSPS) is 10.8. The van der Waals surface area contributed by atoms with Gasteiger partial charge in [0.2, 0.25) is 0 Å². The lowest BCUT2D eigenvalue weighted by atomic mass is 10.1. The largest absolute Gasteiger partial charge is 0.463 e. The molecule has 0 bridgehead atoms. The van der Waals surface area contributed by atoms with Gasteiger partial charge in [-0.15, -0.1) is 11.3 Å². The van der Waals surface area contributed by atoms with Crippen molar-refractivity contribution < 1.29 is 14.0 Å². The summed E-state index contributed by atoms with van der Waals surface area (Å²) in [6.45, 7) is 1.44. The van der Waals surface area contributed by atoms with Crippen molar-refractivity contribution in [3.63, 3.8) is 0 Å². The van der Waals surface area contributed by atoms with E-state index in [9.17, 15) is 9.59 Å². The van der Waals surface area contributed by atoms with Crippen molar-refractivity contribution in [2.75, 3.05) is 5.32 Å². The third kappa shape index (κ3) is 3.00. The van der Waals surface area contributed by atoms with Crippen LogP contribution in [0.1, 0.15) is 27.8 Å². The molecule has 26 heavy (non-hydrogen) atoms. The van der Waals surface area contributed by atoms with Gasteiger partial charge in [-0.1, -0.05) is 18.2 Å². The first-order valence-electron chi connectivity index (χ1n) is 7.83. The van der Waals surface area contributed by atoms with Crippen LogP contribution in [0, 0.1) is 0 Å². The van der Waals surface area contributed by atoms with Crippen molar-refractivity contribution in [1.82, 2.24) is 9.97 Å². The molecule has 0 fully saturated rings. The topological polar surface area (TPSA) is 85.1 Å². The maximum Gasteiger partial charge on any atom is 0.258 e. The van der Waals surface area contributed by atoms with Gasteiger partial charge in [0.1, 0.15) is 11.4 Å². The molecule has 0 atom stereocenters. The molecule has 3 aromatic heterocycles. The number of Topliss-reactive ketones (excluding diaryl/α,β-unsaturated/α-hetero) is 1. The first-order chi connectivity index (χ1) is 12.6. The summed E-state index contributed by atoms with van der Waals surface area (Å²) < 4.78 is 5.41. The summed E-state index contributed by atoms with van der Waals surface area (Å²) in [4.78, 5) is 32.9. The zero-order valence-corrected chi connectivity index (χ0v) is 14.5. The molecule has 1 amide bonds. The average molecular weight is 363 g/mol. The first kappa shape index (κ1) is 16.2. The number of para-hydroxylation sites is 1. The Labute approximate surface area is 152 Å². The molecule has 128 valence electrons. The van der Waals surface area contributed by atoms with Gasteiger partial charge in [0.05, 0.1) is 17.3 Å². The van der Waals surface area contributed by atoms with E-state index in [1.165, 1.54) is 18.3 Å². The molecule has 0 aliphatic carbocycles. The smallest absolute Gasteiger partial charge is 0.258 e. The zero-order chi connectivity index (χ0) is 18.1. The number of carbonyl (C=O) groups is 2. The third-order valence-electron chi connectivity index (χ3n) is 3.82. The molecule has 0 saturated heterocycles. The van der Waals surface area contributed by atoms with Crippen molar-refractivity contribution >= 4 is 39.1 Å². The lowest BCUT2D eigenvalue weighted by Gasteiger charge is -2.08. The van der Waals surface area contributed by atoms with Crippen LogP contribution in [0.3, 0.4) is 0 Å². The number of rotatable bonds is 4. The van der Waals surface area contributed by atoms with Crippen LogP contribution in [-0.2, 0) is 0 Å². The van der Waals surface area contributed by atoms with E-state index in [0.29, 0.717) is 33.4 Å². The molecule has 0 saturated carbocycles. The van der Waals surface area contributed by atoms with E-state index in [-0.39, 0.29) is 11.7 Å². The summed E-state index contributed by atoms with van der Waals surface area (Å²) in [5, 5.41) is 5.48. The maximum absolute atomic E-state index is 12.8. The maximum atomic E-state index is 12.8. The van der Waals surface area contributed by atoms with Gasteiger partial charge >= 0.3 is 0 Å². The minimum Gasteiger partial charge on any atom is -0.463 e. The van der Waals surface area contributed by atoms with Gasteiger partial charge in [0, 0.05) is 17.7 Å². The zero-order valence-electron chi connectivity index (χ0n) is 13.7. The molecule has 0 radical (unpaired) electrons. The van der Waals surface area contributed by atoms with E-state index in [0.717, 1.165) is 5.39 Å². The second kappa shape index (κ2) is 6.53. The second-order valence-electron chi connectivity index (χ2n) is 5.60. The fourth-order valence-electron chi connectivity index (χ4n) is 2.57. The summed E-state index contributed by atoms with van der Waals surface area (Å²) in [7, 11) is 0. The number of fused-ring (bicyclic) bond motifs is 1. The predicted molar refractivity (Wildman–Crippen MR) is 99.5 cm³/mol. The van der Waals surface area contributed by atoms with Gasteiger partial charge in [-0.3, -0.25) is 14.9 Å². The van der Waals surface area contributed by atoms with Gasteiger partial charge in [0.15, 0.2) is 16.7 Å². The fraction of sp³-hybridized carbons (Fsp3) is 0.0526. The standard InChI is InChI=1S/C19H13N3O3S/c1-11(23)16-10-26-19(21-16)22-18(24)13-9-15(17-7-4-8-25-17)20-14-6-3-2-5-12(13)14/h2-10H,1H3,(H,21,22,24). The fourth-order valence-corrected chi connectivity index (χ4v) is 3.32. The summed E-state index contributed by atoms with van der Waals surface area (Å²) in [6, 6.07) is 12.6. The third-order valence-corrected chi connectivity index (χ3v) is 4.58. The predicted octanol–water partition coefficient (Wildman–Crippen LogP) is 4.41. The van der Waals surface area contributed by atoms with E-state index >= 15 is 0 Å². The van der Waals surface area contributed by atoms with E-state index in [2.05, 4.69) is 15.3 Å². The number of hydrogen-bond acceptors (Lipinski definition) is 6. The number of pyridine rings is 1. The molecule has 3 heterocycles. The minimum absolute atomic E-state index is 0.142. The van der Waals surface area contributed by atoms with Crippen LogP contribution in [0.15, 0.2) is 58.5 Å². The first-order valence-corrected chi connectivity index (χ1v) is 8.71. The molecular formula is C19H13N3O3S. The summed E-state index contributed by atoms with van der Waals surface area (Å²) in [6.07, 6.45) is 1.56. The Balaban J connectivity index is 1.76. The molecule has 6 nitrogen and oxygen atoms in total. The number of amides is 1. The SMILES string of the molecule is CC(=O)c1csc(NC(=O)c2cc(-c3ccco3)nc3ccccc23)n1. The Hall–Kier alpha value is -3.32. The van der Waals surface area contributed by atoms with Crippen LogP contribution in [0.25, 0.3) is 22.4 Å². The number of nitrogens with one attached hydrogen (secondary N) is 1. The quantitative estimate of drug-likeness (QED) is 0.543. The molecule has 4 aromatic rings. The van der Waals surface area contributed by atoms with E-state index < -0.39 is 0 Å². The van der Waals surface area contributed by atoms with Gasteiger partial charge in [-0.25, -0.2) is 9.97 Å². The minimum atomic E-state index is -0.319. The Kier molecular flexibility index (Phi) is 4.06. The molecule has 4 rings (SSSR count). The van der Waals surface area contributed by atoms with Gasteiger partial charge < -0.3 is 4.42 Å². The summed E-state index contributed by atoms with van der Waals surface area (Å²) in [5.74, 6) is 0.120. The van der Waals surface area contributed by atoms with Crippen molar-refractivity contribution in [1.29, 1.82) is 0 Å². The molecule has 7 heteroatoms. The highest BCUT2D eigenvalue weighted by molar-refractivity contribution is 7.14. The lowest BCUT2D eigenvalue weighted by molar-refractivity contribution is 0.100. The average Bonchev–Trinajstić information content (AvgIpc) is 3.32. The Morgan fingerprint density at radius 3 is 2.69 bits per heavy atom. The van der Waals surface area contributed by atoms with Gasteiger partial charge in [-0.05, 0) is 24.3 Å². The molecule has 0 unspecified atom stereocenters. The van der Waals surface area contributed by atoms with Crippen molar-refractivity contribution in [2.45, 2.75) is 6.92 Å². The van der Waals surface area contributed by atoms with Crippen molar-refractivity contribution in [3.8, 4) is 11.5 Å². The molecule has 0 aliphatic heterocycles. The molecule has 1 aromatic carbocycles. The number of aromatic nitrogens is 2. The van der Waals surface area contributed by atoms with Crippen LogP contribution in [0.2, 0.25) is 0 Å². The monoisotopic (exact) mass is 363 g/mol. The van der Waals surface area contributed by atoms with E-state index in [4.69, 9.17) is 4.42 Å². The van der Waals surface area contributed by atoms with Crippen LogP contribution in [-0.4, -0.2) is 21.7 Å². The molecular weight excluding hydrogens is 350 g/mol. The van der Waals surface area contributed by atoms with Crippen LogP contribution < -0.4 is 5.32 Å².